The fourth-order valence-electron chi connectivity index (χ4n) is 2.49. The van der Waals surface area contributed by atoms with Crippen LogP contribution in [0.5, 0.6) is 5.75 Å². The van der Waals surface area contributed by atoms with Gasteiger partial charge >= 0.3 is 5.97 Å². The zero-order chi connectivity index (χ0) is 15.4. The standard InChI is InChI=1S/C15H20N2O4/c1-10(14(18)17-8-3-2-4-9-17)21-12-7-5-6-11(16)13(12)15(19)20/h5-7,10H,2-4,8-9,16H2,1H3,(H,19,20). The Hall–Kier alpha value is -2.24. The Kier molecular flexibility index (Phi) is 4.67. The van der Waals surface area contributed by atoms with E-state index in [1.54, 1.807) is 17.9 Å². The molecular formula is C15H20N2O4. The van der Waals surface area contributed by atoms with Gasteiger partial charge in [0, 0.05) is 18.8 Å². The Balaban J connectivity index is 2.12. The summed E-state index contributed by atoms with van der Waals surface area (Å²) < 4.78 is 5.55. The number of benzene rings is 1. The molecule has 1 aliphatic heterocycles. The summed E-state index contributed by atoms with van der Waals surface area (Å²) in [4.78, 5) is 25.3. The van der Waals surface area contributed by atoms with Crippen LogP contribution in [0.15, 0.2) is 18.2 Å². The summed E-state index contributed by atoms with van der Waals surface area (Å²) in [5.41, 5.74) is 5.68. The molecule has 2 rings (SSSR count). The van der Waals surface area contributed by atoms with Crippen molar-refractivity contribution in [2.24, 2.45) is 0 Å². The second-order valence-electron chi connectivity index (χ2n) is 5.17. The lowest BCUT2D eigenvalue weighted by molar-refractivity contribution is -0.138. The summed E-state index contributed by atoms with van der Waals surface area (Å²) in [7, 11) is 0. The molecule has 3 N–H and O–H groups in total. The molecule has 114 valence electrons. The zero-order valence-electron chi connectivity index (χ0n) is 12.0. The van der Waals surface area contributed by atoms with Crippen LogP contribution < -0.4 is 10.5 Å². The molecule has 1 aromatic rings. The summed E-state index contributed by atoms with van der Waals surface area (Å²) in [5.74, 6) is -1.16. The van der Waals surface area contributed by atoms with Crippen molar-refractivity contribution in [3.8, 4) is 5.75 Å². The second-order valence-corrected chi connectivity index (χ2v) is 5.17. The van der Waals surface area contributed by atoms with Crippen molar-refractivity contribution in [2.45, 2.75) is 32.3 Å². The molecule has 1 atom stereocenters. The number of amides is 1. The number of hydrogen-bond donors (Lipinski definition) is 2. The monoisotopic (exact) mass is 292 g/mol. The van der Waals surface area contributed by atoms with Gasteiger partial charge in [0.25, 0.3) is 5.91 Å². The topological polar surface area (TPSA) is 92.9 Å². The summed E-state index contributed by atoms with van der Waals surface area (Å²) >= 11 is 0. The highest BCUT2D eigenvalue weighted by atomic mass is 16.5. The number of hydrogen-bond acceptors (Lipinski definition) is 4. The highest BCUT2D eigenvalue weighted by Crippen LogP contribution is 2.25. The average molecular weight is 292 g/mol. The van der Waals surface area contributed by atoms with Crippen LogP contribution >= 0.6 is 0 Å². The predicted octanol–water partition coefficient (Wildman–Crippen LogP) is 1.75. The minimum Gasteiger partial charge on any atom is -0.480 e. The maximum atomic E-state index is 12.3. The van der Waals surface area contributed by atoms with Crippen molar-refractivity contribution in [3.63, 3.8) is 0 Å². The highest BCUT2D eigenvalue weighted by molar-refractivity contribution is 5.97. The summed E-state index contributed by atoms with van der Waals surface area (Å²) in [6, 6.07) is 4.61. The minimum atomic E-state index is -1.17. The van der Waals surface area contributed by atoms with Gasteiger partial charge in [-0.05, 0) is 38.3 Å². The molecule has 1 aromatic carbocycles. The number of anilines is 1. The molecule has 0 saturated carbocycles. The molecule has 0 spiro atoms. The first-order valence-electron chi connectivity index (χ1n) is 7.08. The van der Waals surface area contributed by atoms with Gasteiger partial charge < -0.3 is 20.5 Å². The number of ether oxygens (including phenoxy) is 1. The van der Waals surface area contributed by atoms with Crippen molar-refractivity contribution in [2.75, 3.05) is 18.8 Å². The van der Waals surface area contributed by atoms with Crippen molar-refractivity contribution >= 4 is 17.6 Å². The maximum absolute atomic E-state index is 12.3. The molecule has 0 bridgehead atoms. The normalized spacial score (nSPS) is 16.3. The van der Waals surface area contributed by atoms with Crippen LogP contribution in [0.1, 0.15) is 36.5 Å². The fourth-order valence-corrected chi connectivity index (χ4v) is 2.49. The first kappa shape index (κ1) is 15.2. The number of piperidine rings is 1. The lowest BCUT2D eigenvalue weighted by atomic mass is 10.1. The van der Waals surface area contributed by atoms with Crippen LogP contribution in [0.4, 0.5) is 5.69 Å². The van der Waals surface area contributed by atoms with E-state index in [9.17, 15) is 14.7 Å². The van der Waals surface area contributed by atoms with Gasteiger partial charge in [0.2, 0.25) is 0 Å². The summed E-state index contributed by atoms with van der Waals surface area (Å²) in [6.45, 7) is 3.09. The van der Waals surface area contributed by atoms with Crippen molar-refractivity contribution in [1.29, 1.82) is 0 Å². The van der Waals surface area contributed by atoms with E-state index in [1.165, 1.54) is 12.1 Å². The number of nitrogens with zero attached hydrogens (tertiary/aromatic N) is 1. The molecule has 0 aromatic heterocycles. The number of nitrogen functional groups attached to an aromatic ring is 1. The van der Waals surface area contributed by atoms with Gasteiger partial charge in [0.05, 0.1) is 0 Å². The third kappa shape index (κ3) is 3.45. The number of carbonyl (C=O) groups is 2. The minimum absolute atomic E-state index is 0.101. The Bertz CT molecular complexity index is 538. The van der Waals surface area contributed by atoms with Gasteiger partial charge in [-0.25, -0.2) is 4.79 Å². The van der Waals surface area contributed by atoms with E-state index < -0.39 is 12.1 Å². The number of carboxylic acids is 1. The van der Waals surface area contributed by atoms with Gasteiger partial charge in [-0.3, -0.25) is 4.79 Å². The second kappa shape index (κ2) is 6.47. The number of aromatic carboxylic acids is 1. The third-order valence-electron chi connectivity index (χ3n) is 3.59. The van der Waals surface area contributed by atoms with Crippen LogP contribution in [0, 0.1) is 0 Å². The third-order valence-corrected chi connectivity index (χ3v) is 3.59. The van der Waals surface area contributed by atoms with Gasteiger partial charge in [-0.2, -0.15) is 0 Å². The molecule has 0 aliphatic carbocycles. The van der Waals surface area contributed by atoms with Crippen LogP contribution in [-0.2, 0) is 4.79 Å². The molecule has 1 fully saturated rings. The first-order chi connectivity index (χ1) is 10.0. The molecule has 0 radical (unpaired) electrons. The van der Waals surface area contributed by atoms with E-state index in [4.69, 9.17) is 10.5 Å². The Morgan fingerprint density at radius 3 is 2.57 bits per heavy atom. The van der Waals surface area contributed by atoms with Gasteiger partial charge in [-0.1, -0.05) is 6.07 Å². The summed E-state index contributed by atoms with van der Waals surface area (Å²) in [5, 5.41) is 9.19. The number of nitrogens with two attached hydrogens (primary N) is 1. The van der Waals surface area contributed by atoms with Crippen LogP contribution in [-0.4, -0.2) is 41.1 Å². The fraction of sp³-hybridized carbons (Fsp3) is 0.467. The van der Waals surface area contributed by atoms with Gasteiger partial charge in [0.1, 0.15) is 11.3 Å². The van der Waals surface area contributed by atoms with Crippen LogP contribution in [0.2, 0.25) is 0 Å². The van der Waals surface area contributed by atoms with Crippen LogP contribution in [0.25, 0.3) is 0 Å². The zero-order valence-corrected chi connectivity index (χ0v) is 12.0. The summed E-state index contributed by atoms with van der Waals surface area (Å²) in [6.07, 6.45) is 2.40. The van der Waals surface area contributed by atoms with E-state index in [0.29, 0.717) is 0 Å². The smallest absolute Gasteiger partial charge is 0.341 e. The van der Waals surface area contributed by atoms with E-state index in [0.717, 1.165) is 32.4 Å². The molecule has 1 heterocycles. The van der Waals surface area contributed by atoms with Crippen molar-refractivity contribution < 1.29 is 19.4 Å². The van der Waals surface area contributed by atoms with Crippen molar-refractivity contribution in [1.82, 2.24) is 4.90 Å². The molecular weight excluding hydrogens is 272 g/mol. The Morgan fingerprint density at radius 1 is 1.29 bits per heavy atom. The molecule has 21 heavy (non-hydrogen) atoms. The number of carbonyl (C=O) groups excluding carboxylic acids is 1. The lowest BCUT2D eigenvalue weighted by Crippen LogP contribution is -2.43. The Morgan fingerprint density at radius 2 is 1.95 bits per heavy atom. The van der Waals surface area contributed by atoms with Gasteiger partial charge in [-0.15, -0.1) is 0 Å². The lowest BCUT2D eigenvalue weighted by Gasteiger charge is -2.29. The van der Waals surface area contributed by atoms with E-state index in [-0.39, 0.29) is 22.9 Å². The molecule has 6 nitrogen and oxygen atoms in total. The predicted molar refractivity (Wildman–Crippen MR) is 78.3 cm³/mol. The maximum Gasteiger partial charge on any atom is 0.341 e. The number of carboxylic acid groups (broad SMARTS) is 1. The molecule has 6 heteroatoms. The molecule has 1 amide bonds. The van der Waals surface area contributed by atoms with E-state index in [2.05, 4.69) is 0 Å². The molecule has 1 saturated heterocycles. The van der Waals surface area contributed by atoms with E-state index in [1.807, 2.05) is 0 Å². The number of rotatable bonds is 4. The quantitative estimate of drug-likeness (QED) is 0.825. The first-order valence-corrected chi connectivity index (χ1v) is 7.08. The van der Waals surface area contributed by atoms with Crippen LogP contribution in [0.3, 0.4) is 0 Å². The highest BCUT2D eigenvalue weighted by Gasteiger charge is 2.25. The number of likely N-dealkylation sites (tertiary alicyclic amines) is 1. The SMILES string of the molecule is CC(Oc1cccc(N)c1C(=O)O)C(=O)N1CCCCC1. The average Bonchev–Trinajstić information content (AvgIpc) is 2.47. The molecule has 1 unspecified atom stereocenters. The van der Waals surface area contributed by atoms with E-state index >= 15 is 0 Å². The Labute approximate surface area is 123 Å². The van der Waals surface area contributed by atoms with Crippen molar-refractivity contribution in [3.05, 3.63) is 23.8 Å². The van der Waals surface area contributed by atoms with Gasteiger partial charge in [0.15, 0.2) is 6.10 Å². The molecule has 1 aliphatic rings. The largest absolute Gasteiger partial charge is 0.480 e.